The predicted molar refractivity (Wildman–Crippen MR) is 138 cm³/mol. The maximum absolute atomic E-state index is 13.7. The van der Waals surface area contributed by atoms with Gasteiger partial charge in [0.15, 0.2) is 5.78 Å². The van der Waals surface area contributed by atoms with E-state index in [1.165, 1.54) is 0 Å². The Morgan fingerprint density at radius 1 is 1.00 bits per heavy atom. The summed E-state index contributed by atoms with van der Waals surface area (Å²) in [5.41, 5.74) is -1.61. The number of aliphatic hydroxyl groups is 1. The molecule has 0 radical (unpaired) electrons. The van der Waals surface area contributed by atoms with Crippen LogP contribution in [0.2, 0.25) is 5.04 Å². The van der Waals surface area contributed by atoms with E-state index >= 15 is 0 Å². The Bertz CT molecular complexity index is 1090. The fourth-order valence-electron chi connectivity index (χ4n) is 6.83. The number of rotatable bonds is 5. The lowest BCUT2D eigenvalue weighted by Crippen LogP contribution is -2.67. The number of ketones is 1. The van der Waals surface area contributed by atoms with Crippen LogP contribution in [-0.4, -0.2) is 56.2 Å². The van der Waals surface area contributed by atoms with Crippen molar-refractivity contribution in [1.82, 2.24) is 0 Å². The van der Waals surface area contributed by atoms with Crippen molar-refractivity contribution in [2.24, 2.45) is 23.7 Å². The number of fused-ring (bicyclic) bond motifs is 3. The molecule has 36 heavy (non-hydrogen) atoms. The first-order valence-electron chi connectivity index (χ1n) is 12.8. The number of esters is 1. The Balaban J connectivity index is 1.52. The fraction of sp³-hybridized carbons (Fsp3) is 0.517. The molecule has 2 aromatic carbocycles. The predicted octanol–water partition coefficient (Wildman–Crippen LogP) is 2.71. The van der Waals surface area contributed by atoms with Gasteiger partial charge < -0.3 is 19.0 Å². The highest BCUT2D eigenvalue weighted by atomic mass is 28.4. The summed E-state index contributed by atoms with van der Waals surface area (Å²) in [4.78, 5) is 26.0. The molecule has 1 N–H and O–H groups in total. The molecule has 0 amide bonds. The molecule has 7 atom stereocenters. The van der Waals surface area contributed by atoms with E-state index in [-0.39, 0.29) is 29.3 Å². The van der Waals surface area contributed by atoms with Crippen LogP contribution in [0.15, 0.2) is 60.7 Å². The number of benzene rings is 2. The summed E-state index contributed by atoms with van der Waals surface area (Å²) in [5, 5.41) is 13.5. The minimum atomic E-state index is -2.86. The number of Topliss-reactive ketones (excluding diaryl/α,β-unsaturated/α-hetero) is 1. The van der Waals surface area contributed by atoms with Crippen LogP contribution >= 0.6 is 0 Å². The summed E-state index contributed by atoms with van der Waals surface area (Å²) in [5.74, 6) is -2.34. The zero-order valence-corrected chi connectivity index (χ0v) is 22.6. The minimum absolute atomic E-state index is 0.174. The van der Waals surface area contributed by atoms with Gasteiger partial charge in [0.25, 0.3) is 8.32 Å². The average Bonchev–Trinajstić information content (AvgIpc) is 3.24. The van der Waals surface area contributed by atoms with Crippen molar-refractivity contribution in [3.05, 3.63) is 60.7 Å². The van der Waals surface area contributed by atoms with Gasteiger partial charge in [0.2, 0.25) is 0 Å². The molecule has 2 aromatic rings. The average molecular weight is 509 g/mol. The van der Waals surface area contributed by atoms with Gasteiger partial charge in [0.05, 0.1) is 12.5 Å². The van der Waals surface area contributed by atoms with Crippen LogP contribution in [0.3, 0.4) is 0 Å². The molecular formula is C29H36O6Si. The fourth-order valence-corrected chi connectivity index (χ4v) is 11.4. The molecule has 0 aromatic heterocycles. The molecule has 7 heteroatoms. The molecule has 192 valence electrons. The monoisotopic (exact) mass is 508 g/mol. The highest BCUT2D eigenvalue weighted by Gasteiger charge is 2.66. The number of carbonyl (C=O) groups is 2. The van der Waals surface area contributed by atoms with Gasteiger partial charge in [-0.05, 0) is 29.3 Å². The first-order chi connectivity index (χ1) is 17.0. The van der Waals surface area contributed by atoms with Crippen LogP contribution in [0.4, 0.5) is 0 Å². The second kappa shape index (κ2) is 8.91. The van der Waals surface area contributed by atoms with Crippen LogP contribution in [0, 0.1) is 23.7 Å². The molecule has 1 aliphatic carbocycles. The minimum Gasteiger partial charge on any atom is -0.459 e. The van der Waals surface area contributed by atoms with E-state index in [4.69, 9.17) is 13.9 Å². The van der Waals surface area contributed by atoms with Gasteiger partial charge >= 0.3 is 5.97 Å². The maximum Gasteiger partial charge on any atom is 0.311 e. The molecular weight excluding hydrogens is 472 g/mol. The van der Waals surface area contributed by atoms with E-state index < -0.39 is 43.9 Å². The van der Waals surface area contributed by atoms with E-state index in [0.717, 1.165) is 10.4 Å². The molecule has 0 spiro atoms. The van der Waals surface area contributed by atoms with Crippen LogP contribution < -0.4 is 10.4 Å². The summed E-state index contributed by atoms with van der Waals surface area (Å²) < 4.78 is 18.8. The normalized spacial score (nSPS) is 34.3. The first kappa shape index (κ1) is 25.3. The van der Waals surface area contributed by atoms with Crippen molar-refractivity contribution < 1.29 is 28.6 Å². The second-order valence-electron chi connectivity index (χ2n) is 11.8. The van der Waals surface area contributed by atoms with E-state index in [9.17, 15) is 14.7 Å². The lowest BCUT2D eigenvalue weighted by Gasteiger charge is -2.44. The van der Waals surface area contributed by atoms with Crippen molar-refractivity contribution >= 4 is 30.4 Å². The highest BCUT2D eigenvalue weighted by Crippen LogP contribution is 2.51. The summed E-state index contributed by atoms with van der Waals surface area (Å²) in [6.07, 6.45) is -1.06. The summed E-state index contributed by atoms with van der Waals surface area (Å²) in [6.45, 7) is 10.4. The number of hydrogen-bond acceptors (Lipinski definition) is 6. The molecule has 6 nitrogen and oxygen atoms in total. The zero-order valence-electron chi connectivity index (χ0n) is 21.6. The molecule has 0 unspecified atom stereocenters. The van der Waals surface area contributed by atoms with E-state index in [1.807, 2.05) is 36.4 Å². The molecule has 2 aliphatic heterocycles. The Morgan fingerprint density at radius 3 is 2.08 bits per heavy atom. The van der Waals surface area contributed by atoms with Crippen molar-refractivity contribution in [3.8, 4) is 0 Å². The SMILES string of the molecule is C[C@@H]1C(=O)O[C@H]2[C@@H]1OC[C@H]1[C@@H]2[C@@](C)(O)C(=O)[C@H]1CO[Si](c1ccccc1)(c1ccccc1)C(C)(C)C. The molecule has 5 rings (SSSR count). The van der Waals surface area contributed by atoms with Gasteiger partial charge in [0, 0.05) is 24.4 Å². The van der Waals surface area contributed by atoms with Gasteiger partial charge in [-0.1, -0.05) is 81.4 Å². The zero-order chi connectivity index (χ0) is 25.9. The molecule has 2 saturated heterocycles. The van der Waals surface area contributed by atoms with Gasteiger partial charge in [0.1, 0.15) is 17.8 Å². The van der Waals surface area contributed by atoms with Crippen molar-refractivity contribution in [3.63, 3.8) is 0 Å². The Morgan fingerprint density at radius 2 is 1.56 bits per heavy atom. The van der Waals surface area contributed by atoms with Crippen molar-refractivity contribution in [1.29, 1.82) is 0 Å². The Kier molecular flexibility index (Phi) is 6.27. The van der Waals surface area contributed by atoms with Crippen molar-refractivity contribution in [2.45, 2.75) is 57.5 Å². The van der Waals surface area contributed by atoms with Crippen LogP contribution in [-0.2, 0) is 23.5 Å². The third-order valence-corrected chi connectivity index (χ3v) is 13.6. The number of ether oxygens (including phenoxy) is 2. The molecule has 3 aliphatic rings. The second-order valence-corrected chi connectivity index (χ2v) is 16.1. The first-order valence-corrected chi connectivity index (χ1v) is 14.7. The number of carbonyl (C=O) groups excluding carboxylic acids is 2. The molecule has 1 saturated carbocycles. The lowest BCUT2D eigenvalue weighted by molar-refractivity contribution is -0.168. The van der Waals surface area contributed by atoms with Crippen LogP contribution in [0.5, 0.6) is 0 Å². The van der Waals surface area contributed by atoms with Gasteiger partial charge in [-0.2, -0.15) is 0 Å². The maximum atomic E-state index is 13.7. The quantitative estimate of drug-likeness (QED) is 0.494. The topological polar surface area (TPSA) is 82.1 Å². The van der Waals surface area contributed by atoms with Gasteiger partial charge in [-0.15, -0.1) is 0 Å². The lowest BCUT2D eigenvalue weighted by atomic mass is 9.76. The van der Waals surface area contributed by atoms with E-state index in [2.05, 4.69) is 45.0 Å². The van der Waals surface area contributed by atoms with Crippen molar-refractivity contribution in [2.75, 3.05) is 13.2 Å². The molecule has 0 bridgehead atoms. The third kappa shape index (κ3) is 3.71. The Hall–Kier alpha value is -2.32. The van der Waals surface area contributed by atoms with E-state index in [1.54, 1.807) is 13.8 Å². The molecule has 3 fully saturated rings. The van der Waals surface area contributed by atoms with Crippen LogP contribution in [0.1, 0.15) is 34.6 Å². The highest BCUT2D eigenvalue weighted by molar-refractivity contribution is 6.99. The summed E-state index contributed by atoms with van der Waals surface area (Å²) in [7, 11) is -2.86. The smallest absolute Gasteiger partial charge is 0.311 e. The van der Waals surface area contributed by atoms with Crippen LogP contribution in [0.25, 0.3) is 0 Å². The van der Waals surface area contributed by atoms with Gasteiger partial charge in [-0.3, -0.25) is 9.59 Å². The summed E-state index contributed by atoms with van der Waals surface area (Å²) in [6, 6.07) is 20.6. The molecule has 2 heterocycles. The standard InChI is InChI=1S/C29H36O6Si/c1-18-24-25(35-27(18)31)23-21(16-33-24)22(26(30)29(23,5)32)17-34-36(28(2,3)4,19-12-8-6-9-13-19)20-14-10-7-11-15-20/h6-15,18,21-25,32H,16-17H2,1-5H3/t18-,21+,22-,23-,24+,25+,29+/m0/s1. The van der Waals surface area contributed by atoms with Gasteiger partial charge in [-0.25, -0.2) is 0 Å². The third-order valence-electron chi connectivity index (χ3n) is 8.63. The largest absolute Gasteiger partial charge is 0.459 e. The Labute approximate surface area is 214 Å². The van der Waals surface area contributed by atoms with E-state index in [0.29, 0.717) is 6.61 Å². The summed E-state index contributed by atoms with van der Waals surface area (Å²) >= 11 is 0. The number of hydrogen-bond donors (Lipinski definition) is 1.